The average Bonchev–Trinajstić information content (AvgIpc) is 2.62. The van der Waals surface area contributed by atoms with E-state index in [-0.39, 0.29) is 29.6 Å². The summed E-state index contributed by atoms with van der Waals surface area (Å²) in [6.45, 7) is 3.43. The lowest BCUT2D eigenvalue weighted by Crippen LogP contribution is -2.30. The van der Waals surface area contributed by atoms with Crippen molar-refractivity contribution in [3.63, 3.8) is 0 Å². The Balaban J connectivity index is 2.21. The molecule has 0 saturated heterocycles. The van der Waals surface area contributed by atoms with Crippen molar-refractivity contribution in [3.05, 3.63) is 58.1 Å². The van der Waals surface area contributed by atoms with Gasteiger partial charge in [-0.25, -0.2) is 4.79 Å². The number of nitro benzene ring substituents is 1. The summed E-state index contributed by atoms with van der Waals surface area (Å²) in [5, 5.41) is 22.9. The minimum absolute atomic E-state index is 0.00143. The molecule has 2 rings (SSSR count). The third-order valence-electron chi connectivity index (χ3n) is 3.73. The van der Waals surface area contributed by atoms with Crippen molar-refractivity contribution in [2.24, 2.45) is 0 Å². The molecule has 0 unspecified atom stereocenters. The van der Waals surface area contributed by atoms with Gasteiger partial charge in [0.15, 0.2) is 0 Å². The van der Waals surface area contributed by atoms with Crippen LogP contribution in [0.4, 0.5) is 17.1 Å². The molecule has 0 heterocycles. The third-order valence-corrected chi connectivity index (χ3v) is 3.73. The number of hydrogen-bond acceptors (Lipinski definition) is 6. The second-order valence-electron chi connectivity index (χ2n) is 6.33. The highest BCUT2D eigenvalue weighted by molar-refractivity contribution is 5.97. The summed E-state index contributed by atoms with van der Waals surface area (Å²) >= 11 is 0. The smallest absolute Gasteiger partial charge is 0.335 e. The molecule has 0 aliphatic carbocycles. The average molecular weight is 387 g/mol. The second kappa shape index (κ2) is 8.85. The number of likely N-dealkylation sites (N-methyl/N-ethyl adjacent to an activating group) is 1. The summed E-state index contributed by atoms with van der Waals surface area (Å²) in [6, 6.07) is 10.3. The molecule has 0 atom stereocenters. The van der Waals surface area contributed by atoms with Crippen LogP contribution in [0.3, 0.4) is 0 Å². The van der Waals surface area contributed by atoms with Crippen molar-refractivity contribution in [2.75, 3.05) is 23.8 Å². The van der Waals surface area contributed by atoms with Gasteiger partial charge in [-0.05, 0) is 38.1 Å². The minimum atomic E-state index is -1.14. The van der Waals surface area contributed by atoms with Gasteiger partial charge in [-0.2, -0.15) is 0 Å². The van der Waals surface area contributed by atoms with E-state index < -0.39 is 16.8 Å². The number of nitrogens with one attached hydrogen (secondary N) is 1. The Kier molecular flexibility index (Phi) is 6.54. The van der Waals surface area contributed by atoms with E-state index in [2.05, 4.69) is 5.32 Å². The molecule has 28 heavy (non-hydrogen) atoms. The van der Waals surface area contributed by atoms with Gasteiger partial charge >= 0.3 is 5.97 Å². The van der Waals surface area contributed by atoms with Crippen molar-refractivity contribution in [1.29, 1.82) is 0 Å². The number of carbonyl (C=O) groups is 2. The quantitative estimate of drug-likeness (QED) is 0.527. The highest BCUT2D eigenvalue weighted by Crippen LogP contribution is 2.28. The minimum Gasteiger partial charge on any atom is -0.489 e. The number of hydrogen-bond donors (Lipinski definition) is 2. The number of rotatable bonds is 8. The fourth-order valence-electron chi connectivity index (χ4n) is 2.55. The molecule has 0 aliphatic heterocycles. The topological polar surface area (TPSA) is 122 Å². The maximum Gasteiger partial charge on any atom is 0.335 e. The largest absolute Gasteiger partial charge is 0.489 e. The number of aromatic carboxylic acids is 1. The molecule has 2 aromatic rings. The maximum atomic E-state index is 12.5. The van der Waals surface area contributed by atoms with E-state index in [4.69, 9.17) is 9.84 Å². The number of carboxylic acids is 1. The lowest BCUT2D eigenvalue weighted by Gasteiger charge is -2.20. The summed E-state index contributed by atoms with van der Waals surface area (Å²) in [5.74, 6) is -1.28. The number of anilines is 2. The number of carboxylic acid groups (broad SMARTS) is 1. The fourth-order valence-corrected chi connectivity index (χ4v) is 2.55. The molecule has 0 aromatic heterocycles. The third kappa shape index (κ3) is 5.19. The number of nitro groups is 1. The first-order valence-corrected chi connectivity index (χ1v) is 8.47. The van der Waals surface area contributed by atoms with Gasteiger partial charge in [0.05, 0.1) is 28.8 Å². The van der Waals surface area contributed by atoms with Crippen LogP contribution in [0.25, 0.3) is 0 Å². The molecule has 9 heteroatoms. The zero-order valence-electron chi connectivity index (χ0n) is 15.7. The Morgan fingerprint density at radius 1 is 1.25 bits per heavy atom. The normalized spacial score (nSPS) is 10.4. The van der Waals surface area contributed by atoms with Gasteiger partial charge in [0, 0.05) is 13.1 Å². The Hall–Kier alpha value is -3.62. The van der Waals surface area contributed by atoms with E-state index in [1.165, 1.54) is 29.2 Å². The molecule has 0 bridgehead atoms. The summed E-state index contributed by atoms with van der Waals surface area (Å²) < 4.78 is 5.61. The summed E-state index contributed by atoms with van der Waals surface area (Å²) in [5.41, 5.74) is 0.392. The Bertz CT molecular complexity index is 897. The number of nitrogens with zero attached hydrogens (tertiary/aromatic N) is 2. The van der Waals surface area contributed by atoms with E-state index >= 15 is 0 Å². The van der Waals surface area contributed by atoms with E-state index in [1.54, 1.807) is 39.1 Å². The van der Waals surface area contributed by atoms with Gasteiger partial charge < -0.3 is 20.1 Å². The van der Waals surface area contributed by atoms with Crippen LogP contribution in [-0.2, 0) is 4.79 Å². The van der Waals surface area contributed by atoms with Crippen LogP contribution in [0.5, 0.6) is 5.75 Å². The van der Waals surface area contributed by atoms with Crippen LogP contribution >= 0.6 is 0 Å². The molecule has 0 saturated carbocycles. The molecule has 148 valence electrons. The Labute approximate surface area is 161 Å². The fraction of sp³-hybridized carbons (Fsp3) is 0.263. The summed E-state index contributed by atoms with van der Waals surface area (Å²) in [7, 11) is 1.56. The molecular formula is C19H21N3O6. The number of carbonyl (C=O) groups excluding carboxylic acids is 1. The van der Waals surface area contributed by atoms with Crippen molar-refractivity contribution >= 4 is 28.9 Å². The maximum absolute atomic E-state index is 12.5. The van der Waals surface area contributed by atoms with Crippen LogP contribution in [0.2, 0.25) is 0 Å². The summed E-state index contributed by atoms with van der Waals surface area (Å²) in [4.78, 5) is 35.8. The molecule has 0 radical (unpaired) electrons. The molecule has 0 fully saturated rings. The van der Waals surface area contributed by atoms with Crippen LogP contribution in [-0.4, -0.2) is 41.6 Å². The predicted molar refractivity (Wildman–Crippen MR) is 104 cm³/mol. The molecule has 0 aliphatic rings. The number of benzene rings is 2. The van der Waals surface area contributed by atoms with Crippen LogP contribution in [0.1, 0.15) is 24.2 Å². The van der Waals surface area contributed by atoms with Crippen molar-refractivity contribution < 1.29 is 24.4 Å². The van der Waals surface area contributed by atoms with E-state index in [0.29, 0.717) is 11.4 Å². The molecule has 2 aromatic carbocycles. The second-order valence-corrected chi connectivity index (χ2v) is 6.33. The molecule has 1 amide bonds. The van der Waals surface area contributed by atoms with Gasteiger partial charge in [0.2, 0.25) is 5.91 Å². The van der Waals surface area contributed by atoms with Gasteiger partial charge in [0.25, 0.3) is 5.69 Å². The van der Waals surface area contributed by atoms with Gasteiger partial charge in [-0.3, -0.25) is 14.9 Å². The number of para-hydroxylation sites is 2. The first-order chi connectivity index (χ1) is 13.2. The van der Waals surface area contributed by atoms with Crippen molar-refractivity contribution in [1.82, 2.24) is 0 Å². The summed E-state index contributed by atoms with van der Waals surface area (Å²) in [6.07, 6.45) is -0.180. The molecule has 2 N–H and O–H groups in total. The molecule has 0 spiro atoms. The lowest BCUT2D eigenvalue weighted by molar-refractivity contribution is -0.384. The lowest BCUT2D eigenvalue weighted by atomic mass is 10.2. The standard InChI is InChI=1S/C19H21N3O6/c1-12(2)28-17-9-8-13(19(24)25)10-14(17)20-18(23)11-21(3)15-6-4-5-7-16(15)22(26)27/h4-10,12H,11H2,1-3H3,(H,20,23)(H,24,25). The number of ether oxygens (including phenoxy) is 1. The van der Waals surface area contributed by atoms with Gasteiger partial charge in [-0.1, -0.05) is 12.1 Å². The highest BCUT2D eigenvalue weighted by atomic mass is 16.6. The Morgan fingerprint density at radius 2 is 1.93 bits per heavy atom. The first-order valence-electron chi connectivity index (χ1n) is 8.47. The molecule has 9 nitrogen and oxygen atoms in total. The van der Waals surface area contributed by atoms with Crippen LogP contribution in [0, 0.1) is 10.1 Å². The SMILES string of the molecule is CC(C)Oc1ccc(C(=O)O)cc1NC(=O)CN(C)c1ccccc1[N+](=O)[O-]. The predicted octanol–water partition coefficient (Wildman–Crippen LogP) is 3.16. The van der Waals surface area contributed by atoms with E-state index in [1.807, 2.05) is 0 Å². The number of amides is 1. The van der Waals surface area contributed by atoms with Crippen LogP contribution < -0.4 is 15.0 Å². The Morgan fingerprint density at radius 3 is 2.54 bits per heavy atom. The van der Waals surface area contributed by atoms with Crippen molar-refractivity contribution in [2.45, 2.75) is 20.0 Å². The van der Waals surface area contributed by atoms with Crippen LogP contribution in [0.15, 0.2) is 42.5 Å². The molecular weight excluding hydrogens is 366 g/mol. The van der Waals surface area contributed by atoms with Crippen molar-refractivity contribution in [3.8, 4) is 5.75 Å². The van der Waals surface area contributed by atoms with E-state index in [0.717, 1.165) is 0 Å². The van der Waals surface area contributed by atoms with Gasteiger partial charge in [-0.15, -0.1) is 0 Å². The highest BCUT2D eigenvalue weighted by Gasteiger charge is 2.19. The van der Waals surface area contributed by atoms with E-state index in [9.17, 15) is 19.7 Å². The van der Waals surface area contributed by atoms with Gasteiger partial charge in [0.1, 0.15) is 11.4 Å². The monoisotopic (exact) mass is 387 g/mol. The first kappa shape index (κ1) is 20.7. The zero-order valence-corrected chi connectivity index (χ0v) is 15.7. The zero-order chi connectivity index (χ0) is 20.8.